The van der Waals surface area contributed by atoms with E-state index < -0.39 is 6.16 Å². The molecular formula is C30H38Cl2N4O5. The van der Waals surface area contributed by atoms with Crippen LogP contribution in [0.25, 0.3) is 22.4 Å². The van der Waals surface area contributed by atoms with Crippen molar-refractivity contribution in [3.05, 3.63) is 65.1 Å². The summed E-state index contributed by atoms with van der Waals surface area (Å²) in [6, 6.07) is 13.6. The molecule has 0 radical (unpaired) electrons. The Bertz CT molecular complexity index is 1300. The van der Waals surface area contributed by atoms with Crippen LogP contribution in [0.5, 0.6) is 5.75 Å². The average molecular weight is 606 g/mol. The first-order valence-corrected chi connectivity index (χ1v) is 13.8. The van der Waals surface area contributed by atoms with Gasteiger partial charge in [-0.3, -0.25) is 9.78 Å². The van der Waals surface area contributed by atoms with E-state index in [9.17, 15) is 4.79 Å². The number of benzene rings is 1. The van der Waals surface area contributed by atoms with E-state index in [1.165, 1.54) is 6.42 Å². The first-order valence-electron chi connectivity index (χ1n) is 13.4. The van der Waals surface area contributed by atoms with E-state index in [4.69, 9.17) is 36.3 Å². The summed E-state index contributed by atoms with van der Waals surface area (Å²) >= 11 is 6.47. The molecule has 3 N–H and O–H groups in total. The molecule has 1 amide bonds. The number of amides is 1. The second kappa shape index (κ2) is 16.8. The summed E-state index contributed by atoms with van der Waals surface area (Å²) in [6.07, 6.45) is 6.44. The monoisotopic (exact) mass is 604 g/mol. The first kappa shape index (κ1) is 33.8. The minimum atomic E-state index is -1.83. The SMILES string of the molecule is Cc1ncccc1-c1ccc(C(=O)NC2CCCCC2)nc1-c1ccc(Cl)c(OCCCN(C)C)c1.Cl.O=C(O)O. The van der Waals surface area contributed by atoms with Crippen LogP contribution in [-0.2, 0) is 0 Å². The Kier molecular flexibility index (Phi) is 13.8. The van der Waals surface area contributed by atoms with E-state index in [1.54, 1.807) is 12.3 Å². The molecule has 1 aromatic carbocycles. The zero-order valence-electron chi connectivity index (χ0n) is 23.6. The van der Waals surface area contributed by atoms with Gasteiger partial charge in [0.1, 0.15) is 11.4 Å². The molecule has 0 aliphatic heterocycles. The van der Waals surface area contributed by atoms with Crippen LogP contribution < -0.4 is 10.1 Å². The second-order valence-electron chi connectivity index (χ2n) is 9.97. The molecule has 9 nitrogen and oxygen atoms in total. The van der Waals surface area contributed by atoms with E-state index >= 15 is 0 Å². The van der Waals surface area contributed by atoms with Gasteiger partial charge >= 0.3 is 6.16 Å². The third-order valence-corrected chi connectivity index (χ3v) is 6.89. The number of carboxylic acid groups (broad SMARTS) is 2. The molecule has 0 saturated heterocycles. The molecule has 0 unspecified atom stereocenters. The zero-order valence-corrected chi connectivity index (χ0v) is 25.2. The van der Waals surface area contributed by atoms with Gasteiger partial charge in [0.25, 0.3) is 5.91 Å². The van der Waals surface area contributed by atoms with E-state index in [-0.39, 0.29) is 24.4 Å². The highest BCUT2D eigenvalue weighted by molar-refractivity contribution is 6.32. The van der Waals surface area contributed by atoms with E-state index in [2.05, 4.69) is 15.2 Å². The lowest BCUT2D eigenvalue weighted by Crippen LogP contribution is -2.36. The summed E-state index contributed by atoms with van der Waals surface area (Å²) in [5.41, 5.74) is 4.74. The fraction of sp³-hybridized carbons (Fsp3) is 0.400. The van der Waals surface area contributed by atoms with Crippen molar-refractivity contribution in [2.24, 2.45) is 0 Å². The molecule has 0 atom stereocenters. The second-order valence-corrected chi connectivity index (χ2v) is 10.4. The summed E-state index contributed by atoms with van der Waals surface area (Å²) in [6.45, 7) is 3.47. The average Bonchev–Trinajstić information content (AvgIpc) is 2.92. The van der Waals surface area contributed by atoms with Gasteiger partial charge in [0, 0.05) is 41.2 Å². The number of aryl methyl sites for hydroxylation is 1. The molecule has 3 aromatic rings. The minimum absolute atomic E-state index is 0. The van der Waals surface area contributed by atoms with Gasteiger partial charge in [0.15, 0.2) is 0 Å². The Hall–Kier alpha value is -3.40. The summed E-state index contributed by atoms with van der Waals surface area (Å²) in [5, 5.41) is 17.7. The smallest absolute Gasteiger partial charge is 0.492 e. The first-order chi connectivity index (χ1) is 19.2. The molecule has 2 heterocycles. The highest BCUT2D eigenvalue weighted by atomic mass is 35.5. The van der Waals surface area contributed by atoms with Crippen molar-refractivity contribution >= 4 is 36.1 Å². The Balaban J connectivity index is 0.00000110. The number of nitrogens with zero attached hydrogens (tertiary/aromatic N) is 3. The molecular weight excluding hydrogens is 567 g/mol. The molecule has 1 saturated carbocycles. The van der Waals surface area contributed by atoms with Crippen LogP contribution in [0.2, 0.25) is 5.02 Å². The number of carbonyl (C=O) groups excluding carboxylic acids is 1. The van der Waals surface area contributed by atoms with Gasteiger partial charge in [0.2, 0.25) is 0 Å². The van der Waals surface area contributed by atoms with Crippen molar-refractivity contribution in [2.45, 2.75) is 51.5 Å². The third-order valence-electron chi connectivity index (χ3n) is 6.58. The fourth-order valence-corrected chi connectivity index (χ4v) is 4.79. The topological polar surface area (TPSA) is 125 Å². The number of aromatic nitrogens is 2. The number of hydrogen-bond acceptors (Lipinski definition) is 6. The molecule has 2 aromatic heterocycles. The van der Waals surface area contributed by atoms with Crippen LogP contribution in [0.3, 0.4) is 0 Å². The number of pyridine rings is 2. The van der Waals surface area contributed by atoms with Gasteiger partial charge in [-0.1, -0.05) is 43.0 Å². The van der Waals surface area contributed by atoms with Crippen molar-refractivity contribution in [1.29, 1.82) is 0 Å². The van der Waals surface area contributed by atoms with Crippen LogP contribution in [-0.4, -0.2) is 70.4 Å². The largest absolute Gasteiger partial charge is 0.503 e. The highest BCUT2D eigenvalue weighted by Gasteiger charge is 2.20. The standard InChI is InChI=1S/C29H35ClN4O2.CH2O3.ClH/c1-20-23(11-7-16-31-20)24-13-15-26(29(35)32-22-9-5-4-6-10-22)33-28(24)21-12-14-25(30)27(19-21)36-18-8-17-34(2)3;2-1(3)4;/h7,11-16,19,22H,4-6,8-10,17-18H2,1-3H3,(H,32,35);(H2,2,3,4);1H. The van der Waals surface area contributed by atoms with Crippen LogP contribution in [0.4, 0.5) is 4.79 Å². The van der Waals surface area contributed by atoms with Gasteiger partial charge in [0.05, 0.1) is 17.3 Å². The third kappa shape index (κ3) is 10.5. The number of carbonyl (C=O) groups is 2. The minimum Gasteiger partial charge on any atom is -0.492 e. The van der Waals surface area contributed by atoms with Crippen molar-refractivity contribution < 1.29 is 24.5 Å². The fourth-order valence-electron chi connectivity index (χ4n) is 4.62. The predicted molar refractivity (Wildman–Crippen MR) is 164 cm³/mol. The summed E-state index contributed by atoms with van der Waals surface area (Å²) in [5.74, 6) is 0.479. The highest BCUT2D eigenvalue weighted by Crippen LogP contribution is 2.36. The Morgan fingerprint density at radius 3 is 2.44 bits per heavy atom. The molecule has 0 spiro atoms. The zero-order chi connectivity index (χ0) is 29.1. The van der Waals surface area contributed by atoms with Crippen molar-refractivity contribution in [2.75, 3.05) is 27.2 Å². The molecule has 1 fully saturated rings. The normalized spacial score (nSPS) is 13.0. The maximum absolute atomic E-state index is 13.1. The number of ether oxygens (including phenoxy) is 1. The van der Waals surface area contributed by atoms with Crippen molar-refractivity contribution in [3.8, 4) is 28.1 Å². The summed E-state index contributed by atoms with van der Waals surface area (Å²) in [7, 11) is 4.08. The molecule has 41 heavy (non-hydrogen) atoms. The van der Waals surface area contributed by atoms with E-state index in [0.29, 0.717) is 28.8 Å². The Morgan fingerprint density at radius 1 is 1.07 bits per heavy atom. The van der Waals surface area contributed by atoms with Gasteiger partial charge in [-0.05, 0) is 70.6 Å². The number of nitrogens with one attached hydrogen (secondary N) is 1. The van der Waals surface area contributed by atoms with Gasteiger partial charge in [-0.2, -0.15) is 0 Å². The molecule has 0 bridgehead atoms. The molecule has 11 heteroatoms. The van der Waals surface area contributed by atoms with Crippen LogP contribution in [0.15, 0.2) is 48.7 Å². The van der Waals surface area contributed by atoms with Gasteiger partial charge < -0.3 is 25.2 Å². The molecule has 4 rings (SSSR count). The number of hydrogen-bond donors (Lipinski definition) is 3. The van der Waals surface area contributed by atoms with Crippen LogP contribution in [0.1, 0.15) is 54.7 Å². The predicted octanol–water partition coefficient (Wildman–Crippen LogP) is 6.81. The maximum Gasteiger partial charge on any atom is 0.503 e. The molecule has 1 aliphatic carbocycles. The van der Waals surface area contributed by atoms with Gasteiger partial charge in [-0.25, -0.2) is 9.78 Å². The quantitative estimate of drug-likeness (QED) is 0.227. The van der Waals surface area contributed by atoms with Crippen molar-refractivity contribution in [1.82, 2.24) is 20.2 Å². The lowest BCUT2D eigenvalue weighted by atomic mass is 9.95. The van der Waals surface area contributed by atoms with Gasteiger partial charge in [-0.15, -0.1) is 12.4 Å². The molecule has 1 aliphatic rings. The Labute approximate surface area is 252 Å². The lowest BCUT2D eigenvalue weighted by Gasteiger charge is -2.22. The Morgan fingerprint density at radius 2 is 1.78 bits per heavy atom. The lowest BCUT2D eigenvalue weighted by molar-refractivity contribution is 0.0922. The molecule has 222 valence electrons. The van der Waals surface area contributed by atoms with Crippen LogP contribution in [0, 0.1) is 6.92 Å². The summed E-state index contributed by atoms with van der Waals surface area (Å²) in [4.78, 5) is 33.1. The van der Waals surface area contributed by atoms with Crippen LogP contribution >= 0.6 is 24.0 Å². The maximum atomic E-state index is 13.1. The summed E-state index contributed by atoms with van der Waals surface area (Å²) < 4.78 is 6.02. The number of halogens is 2. The number of rotatable bonds is 9. The van der Waals surface area contributed by atoms with E-state index in [1.807, 2.05) is 57.4 Å². The van der Waals surface area contributed by atoms with E-state index in [0.717, 1.165) is 61.0 Å². The van der Waals surface area contributed by atoms with Crippen molar-refractivity contribution in [3.63, 3.8) is 0 Å².